The molecule has 162 valence electrons. The zero-order valence-corrected chi connectivity index (χ0v) is 18.0. The predicted octanol–water partition coefficient (Wildman–Crippen LogP) is 5.84. The fraction of sp³-hybridized carbons (Fsp3) is 0.458. The van der Waals surface area contributed by atoms with Crippen molar-refractivity contribution in [1.82, 2.24) is 4.90 Å². The molecule has 1 aliphatic heterocycles. The first-order chi connectivity index (χ1) is 14.1. The van der Waals surface area contributed by atoms with E-state index in [1.807, 2.05) is 31.2 Å². The van der Waals surface area contributed by atoms with Gasteiger partial charge in [-0.2, -0.15) is 0 Å². The lowest BCUT2D eigenvalue weighted by molar-refractivity contribution is 0.0520. The van der Waals surface area contributed by atoms with Gasteiger partial charge in [-0.25, -0.2) is 13.6 Å². The van der Waals surface area contributed by atoms with Crippen molar-refractivity contribution in [2.24, 2.45) is 5.41 Å². The number of hydrogen-bond donors (Lipinski definition) is 1. The van der Waals surface area contributed by atoms with Crippen LogP contribution in [0.15, 0.2) is 42.5 Å². The topological polar surface area (TPSA) is 43.8 Å². The first-order valence-electron chi connectivity index (χ1n) is 10.3. The van der Waals surface area contributed by atoms with E-state index in [0.29, 0.717) is 31.5 Å². The number of carboxylic acid groups (broad SMARTS) is 1. The third kappa shape index (κ3) is 4.91. The van der Waals surface area contributed by atoms with Crippen molar-refractivity contribution in [2.75, 3.05) is 11.4 Å². The largest absolute Gasteiger partial charge is 0.465 e. The number of halogens is 2. The van der Waals surface area contributed by atoms with Gasteiger partial charge in [-0.1, -0.05) is 44.5 Å². The quantitative estimate of drug-likeness (QED) is 0.681. The van der Waals surface area contributed by atoms with Crippen LogP contribution in [-0.2, 0) is 6.54 Å². The third-order valence-corrected chi connectivity index (χ3v) is 5.96. The predicted molar refractivity (Wildman–Crippen MR) is 115 cm³/mol. The first kappa shape index (κ1) is 22.1. The van der Waals surface area contributed by atoms with E-state index in [-0.39, 0.29) is 17.5 Å². The average Bonchev–Trinajstić information content (AvgIpc) is 2.68. The second-order valence-corrected chi connectivity index (χ2v) is 9.25. The van der Waals surface area contributed by atoms with E-state index >= 15 is 0 Å². The molecule has 2 atom stereocenters. The summed E-state index contributed by atoms with van der Waals surface area (Å²) in [7, 11) is 0. The Hall–Kier alpha value is -2.63. The normalized spacial score (nSPS) is 19.6. The third-order valence-electron chi connectivity index (χ3n) is 5.96. The zero-order valence-electron chi connectivity index (χ0n) is 18.0. The van der Waals surface area contributed by atoms with Gasteiger partial charge in [0, 0.05) is 30.9 Å². The number of nitrogens with zero attached hydrogens (tertiary/aromatic N) is 2. The van der Waals surface area contributed by atoms with Crippen molar-refractivity contribution < 1.29 is 18.7 Å². The van der Waals surface area contributed by atoms with Crippen molar-refractivity contribution in [2.45, 2.75) is 59.2 Å². The molecule has 1 aliphatic rings. The van der Waals surface area contributed by atoms with Crippen LogP contribution in [0.4, 0.5) is 19.3 Å². The highest BCUT2D eigenvalue weighted by molar-refractivity contribution is 5.66. The van der Waals surface area contributed by atoms with Crippen LogP contribution in [0.25, 0.3) is 0 Å². The lowest BCUT2D eigenvalue weighted by Gasteiger charge is -2.48. The standard InChI is InChI=1S/C24H30F2N2O2/c1-16-5-8-18(9-6-16)28(15-17-7-10-20(25)21(26)13-17)19-11-12-27(23(29)30)22(14-19)24(2,3)4/h5-10,13,19,22H,11-12,14-15H2,1-4H3,(H,29,30). The van der Waals surface area contributed by atoms with Gasteiger partial charge in [0.1, 0.15) is 0 Å². The molecule has 0 aliphatic carbocycles. The molecule has 3 rings (SSSR count). The maximum Gasteiger partial charge on any atom is 0.407 e. The molecule has 1 fully saturated rings. The summed E-state index contributed by atoms with van der Waals surface area (Å²) in [6.07, 6.45) is 0.458. The second kappa shape index (κ2) is 8.62. The van der Waals surface area contributed by atoms with E-state index in [4.69, 9.17) is 0 Å². The van der Waals surface area contributed by atoms with Crippen molar-refractivity contribution >= 4 is 11.8 Å². The van der Waals surface area contributed by atoms with Crippen LogP contribution in [0.2, 0.25) is 0 Å². The maximum atomic E-state index is 13.8. The smallest absolute Gasteiger partial charge is 0.407 e. The fourth-order valence-electron chi connectivity index (χ4n) is 4.28. The van der Waals surface area contributed by atoms with Gasteiger partial charge in [0.25, 0.3) is 0 Å². The Morgan fingerprint density at radius 2 is 1.80 bits per heavy atom. The summed E-state index contributed by atoms with van der Waals surface area (Å²) in [5.41, 5.74) is 2.60. The summed E-state index contributed by atoms with van der Waals surface area (Å²) in [5, 5.41) is 9.67. The fourth-order valence-corrected chi connectivity index (χ4v) is 4.28. The SMILES string of the molecule is Cc1ccc(N(Cc2ccc(F)c(F)c2)C2CCN(C(=O)O)C(C(C)(C)C)C2)cc1. The molecule has 30 heavy (non-hydrogen) atoms. The molecule has 1 heterocycles. The molecular formula is C24H30F2N2O2. The Morgan fingerprint density at radius 3 is 2.37 bits per heavy atom. The van der Waals surface area contributed by atoms with Gasteiger partial charge in [-0.15, -0.1) is 0 Å². The van der Waals surface area contributed by atoms with Crippen LogP contribution in [0.5, 0.6) is 0 Å². The van der Waals surface area contributed by atoms with Crippen LogP contribution in [0.3, 0.4) is 0 Å². The summed E-state index contributed by atoms with van der Waals surface area (Å²) >= 11 is 0. The van der Waals surface area contributed by atoms with Crippen molar-refractivity contribution in [1.29, 1.82) is 0 Å². The van der Waals surface area contributed by atoms with E-state index in [1.165, 1.54) is 6.07 Å². The Morgan fingerprint density at radius 1 is 1.13 bits per heavy atom. The first-order valence-corrected chi connectivity index (χ1v) is 10.3. The molecule has 0 spiro atoms. The number of carbonyl (C=O) groups is 1. The molecule has 6 heteroatoms. The van der Waals surface area contributed by atoms with E-state index < -0.39 is 17.7 Å². The maximum absolute atomic E-state index is 13.8. The van der Waals surface area contributed by atoms with E-state index in [2.05, 4.69) is 25.7 Å². The van der Waals surface area contributed by atoms with Crippen molar-refractivity contribution in [3.63, 3.8) is 0 Å². The minimum absolute atomic E-state index is 0.0839. The van der Waals surface area contributed by atoms with Gasteiger partial charge >= 0.3 is 6.09 Å². The lowest BCUT2D eigenvalue weighted by atomic mass is 9.78. The van der Waals surface area contributed by atoms with E-state index in [0.717, 1.165) is 17.3 Å². The van der Waals surface area contributed by atoms with Gasteiger partial charge in [0.05, 0.1) is 0 Å². The Labute approximate surface area is 177 Å². The molecule has 2 unspecified atom stereocenters. The molecule has 0 radical (unpaired) electrons. The number of piperidine rings is 1. The lowest BCUT2D eigenvalue weighted by Crippen LogP contribution is -2.56. The highest BCUT2D eigenvalue weighted by atomic mass is 19.2. The van der Waals surface area contributed by atoms with Gasteiger partial charge in [-0.05, 0) is 55.0 Å². The van der Waals surface area contributed by atoms with Crippen LogP contribution in [0, 0.1) is 24.0 Å². The van der Waals surface area contributed by atoms with Crippen LogP contribution < -0.4 is 4.90 Å². The molecule has 2 aromatic carbocycles. The number of likely N-dealkylation sites (tertiary alicyclic amines) is 1. The summed E-state index contributed by atoms with van der Waals surface area (Å²) in [5.74, 6) is -1.71. The van der Waals surface area contributed by atoms with Crippen LogP contribution in [-0.4, -0.2) is 34.7 Å². The average molecular weight is 417 g/mol. The summed E-state index contributed by atoms with van der Waals surface area (Å²) in [6.45, 7) is 9.06. The summed E-state index contributed by atoms with van der Waals surface area (Å²) in [4.78, 5) is 15.5. The molecule has 2 aromatic rings. The van der Waals surface area contributed by atoms with E-state index in [1.54, 1.807) is 11.0 Å². The highest BCUT2D eigenvalue weighted by Gasteiger charge is 2.40. The highest BCUT2D eigenvalue weighted by Crippen LogP contribution is 2.36. The minimum atomic E-state index is -0.893. The zero-order chi connectivity index (χ0) is 22.1. The number of hydrogen-bond acceptors (Lipinski definition) is 2. The number of rotatable bonds is 4. The molecule has 0 aromatic heterocycles. The molecule has 4 nitrogen and oxygen atoms in total. The monoisotopic (exact) mass is 416 g/mol. The van der Waals surface area contributed by atoms with Crippen LogP contribution in [0.1, 0.15) is 44.7 Å². The van der Waals surface area contributed by atoms with Crippen molar-refractivity contribution in [3.8, 4) is 0 Å². The van der Waals surface area contributed by atoms with Gasteiger partial charge in [0.15, 0.2) is 11.6 Å². The molecule has 1 N–H and O–H groups in total. The molecule has 0 saturated carbocycles. The van der Waals surface area contributed by atoms with Gasteiger partial charge < -0.3 is 14.9 Å². The molecular weight excluding hydrogens is 386 g/mol. The van der Waals surface area contributed by atoms with Gasteiger partial charge in [-0.3, -0.25) is 0 Å². The number of anilines is 1. The minimum Gasteiger partial charge on any atom is -0.465 e. The number of amides is 1. The number of aryl methyl sites for hydroxylation is 1. The van der Waals surface area contributed by atoms with Crippen LogP contribution >= 0.6 is 0 Å². The van der Waals surface area contributed by atoms with E-state index in [9.17, 15) is 18.7 Å². The second-order valence-electron chi connectivity index (χ2n) is 9.25. The Kier molecular flexibility index (Phi) is 6.34. The summed E-state index contributed by atoms with van der Waals surface area (Å²) in [6, 6.07) is 12.1. The molecule has 1 amide bonds. The number of benzene rings is 2. The van der Waals surface area contributed by atoms with Crippen molar-refractivity contribution in [3.05, 3.63) is 65.2 Å². The van der Waals surface area contributed by atoms with Gasteiger partial charge in [0.2, 0.25) is 0 Å². The summed E-state index contributed by atoms with van der Waals surface area (Å²) < 4.78 is 27.2. The Balaban J connectivity index is 1.94. The Bertz CT molecular complexity index is 893. The molecule has 1 saturated heterocycles. The molecule has 0 bridgehead atoms.